The van der Waals surface area contributed by atoms with E-state index in [1.165, 1.54) is 0 Å². The molecule has 0 spiro atoms. The van der Waals surface area contributed by atoms with Crippen molar-refractivity contribution in [2.45, 2.75) is 46.6 Å². The van der Waals surface area contributed by atoms with Crippen LogP contribution in [0.3, 0.4) is 0 Å². The van der Waals surface area contributed by atoms with E-state index in [9.17, 15) is 9.90 Å². The fourth-order valence-corrected chi connectivity index (χ4v) is 5.27. The van der Waals surface area contributed by atoms with Gasteiger partial charge in [0, 0.05) is 31.3 Å². The van der Waals surface area contributed by atoms with E-state index >= 15 is 0 Å². The SMILES string of the molecule is CCCCc1nc2c(C)cc(C(=NC)Nc3ccccc3C)cc2n1Cc1ccc(-c2ccccc2C(=O)O)cc1. The van der Waals surface area contributed by atoms with Gasteiger partial charge in [-0.25, -0.2) is 9.78 Å². The summed E-state index contributed by atoms with van der Waals surface area (Å²) in [4.78, 5) is 21.5. The first-order valence-electron chi connectivity index (χ1n) is 14.1. The number of para-hydroxylation sites is 1. The lowest BCUT2D eigenvalue weighted by molar-refractivity contribution is 0.0697. The van der Waals surface area contributed by atoms with Gasteiger partial charge in [0.05, 0.1) is 16.6 Å². The van der Waals surface area contributed by atoms with Crippen LogP contribution in [0.15, 0.2) is 89.9 Å². The number of amidine groups is 1. The third kappa shape index (κ3) is 5.92. The van der Waals surface area contributed by atoms with Gasteiger partial charge in [-0.05, 0) is 72.4 Å². The van der Waals surface area contributed by atoms with E-state index in [2.05, 4.69) is 72.0 Å². The van der Waals surface area contributed by atoms with Crippen molar-refractivity contribution < 1.29 is 9.90 Å². The number of nitrogens with one attached hydrogen (secondary N) is 1. The van der Waals surface area contributed by atoms with Gasteiger partial charge in [-0.3, -0.25) is 4.99 Å². The maximum Gasteiger partial charge on any atom is 0.336 e. The van der Waals surface area contributed by atoms with E-state index in [1.807, 2.05) is 43.4 Å². The highest BCUT2D eigenvalue weighted by atomic mass is 16.4. The highest BCUT2D eigenvalue weighted by molar-refractivity contribution is 6.10. The number of unbranched alkanes of at least 4 members (excludes halogenated alkanes) is 1. The maximum absolute atomic E-state index is 11.7. The zero-order chi connectivity index (χ0) is 28.9. The molecule has 5 aromatic rings. The van der Waals surface area contributed by atoms with Crippen molar-refractivity contribution in [3.05, 3.63) is 119 Å². The van der Waals surface area contributed by atoms with Gasteiger partial charge in [-0.2, -0.15) is 0 Å². The van der Waals surface area contributed by atoms with Crippen LogP contribution in [0.2, 0.25) is 0 Å². The Kier molecular flexibility index (Phi) is 8.29. The van der Waals surface area contributed by atoms with Gasteiger partial charge in [-0.15, -0.1) is 0 Å². The lowest BCUT2D eigenvalue weighted by Gasteiger charge is -2.14. The number of carboxylic acid groups (broad SMARTS) is 1. The molecule has 0 aliphatic heterocycles. The Morgan fingerprint density at radius 2 is 1.68 bits per heavy atom. The first kappa shape index (κ1) is 27.8. The van der Waals surface area contributed by atoms with E-state index < -0.39 is 5.97 Å². The Morgan fingerprint density at radius 1 is 0.951 bits per heavy atom. The molecular weight excluding hydrogens is 508 g/mol. The molecule has 0 radical (unpaired) electrons. The zero-order valence-corrected chi connectivity index (χ0v) is 24.1. The number of fused-ring (bicyclic) bond motifs is 1. The summed E-state index contributed by atoms with van der Waals surface area (Å²) in [5.41, 5.74) is 9.46. The molecule has 1 aromatic heterocycles. The van der Waals surface area contributed by atoms with Crippen LogP contribution in [0.25, 0.3) is 22.2 Å². The number of hydrogen-bond donors (Lipinski definition) is 2. The average Bonchev–Trinajstić information content (AvgIpc) is 3.33. The number of hydrogen-bond acceptors (Lipinski definition) is 3. The highest BCUT2D eigenvalue weighted by Crippen LogP contribution is 2.28. The van der Waals surface area contributed by atoms with Crippen LogP contribution in [0.1, 0.15) is 58.2 Å². The summed E-state index contributed by atoms with van der Waals surface area (Å²) in [5.74, 6) is 0.964. The van der Waals surface area contributed by atoms with Crippen LogP contribution >= 0.6 is 0 Å². The van der Waals surface area contributed by atoms with Crippen LogP contribution in [0.4, 0.5) is 5.69 Å². The normalized spacial score (nSPS) is 11.7. The average molecular weight is 545 g/mol. The summed E-state index contributed by atoms with van der Waals surface area (Å²) in [5, 5.41) is 13.2. The molecule has 1 heterocycles. The number of benzene rings is 4. The quantitative estimate of drug-likeness (QED) is 0.146. The number of anilines is 1. The van der Waals surface area contributed by atoms with Crippen LogP contribution in [-0.4, -0.2) is 33.5 Å². The number of aliphatic imine (C=N–C) groups is 1. The first-order chi connectivity index (χ1) is 19.9. The van der Waals surface area contributed by atoms with Crippen molar-refractivity contribution in [2.75, 3.05) is 12.4 Å². The molecular formula is C35H36N4O2. The van der Waals surface area contributed by atoms with E-state index in [0.29, 0.717) is 12.1 Å². The van der Waals surface area contributed by atoms with E-state index in [1.54, 1.807) is 12.1 Å². The van der Waals surface area contributed by atoms with Crippen LogP contribution in [-0.2, 0) is 13.0 Å². The summed E-state index contributed by atoms with van der Waals surface area (Å²) in [6, 6.07) is 27.9. The minimum absolute atomic E-state index is 0.304. The number of carbonyl (C=O) groups is 1. The largest absolute Gasteiger partial charge is 0.478 e. The molecule has 0 aliphatic carbocycles. The standard InChI is InChI=1S/C35H36N4O2/c1-5-6-15-32-38-33-24(3)20-27(34(36-4)37-30-14-10-7-11-23(30)2)21-31(33)39(32)22-25-16-18-26(19-17-25)28-12-8-9-13-29(28)35(40)41/h7-14,16-21H,5-6,15,22H2,1-4H3,(H,36,37)(H,40,41). The van der Waals surface area contributed by atoms with Crippen molar-refractivity contribution in [3.8, 4) is 11.1 Å². The van der Waals surface area contributed by atoms with Gasteiger partial charge in [0.2, 0.25) is 0 Å². The number of imidazole rings is 1. The number of carboxylic acids is 1. The Morgan fingerprint density at radius 3 is 2.39 bits per heavy atom. The van der Waals surface area contributed by atoms with Crippen molar-refractivity contribution in [2.24, 2.45) is 4.99 Å². The molecule has 0 saturated carbocycles. The van der Waals surface area contributed by atoms with Crippen LogP contribution in [0.5, 0.6) is 0 Å². The molecule has 41 heavy (non-hydrogen) atoms. The summed E-state index contributed by atoms with van der Waals surface area (Å²) in [6.45, 7) is 7.07. The predicted molar refractivity (Wildman–Crippen MR) is 168 cm³/mol. The van der Waals surface area contributed by atoms with Crippen molar-refractivity contribution in [1.29, 1.82) is 0 Å². The second kappa shape index (κ2) is 12.2. The monoisotopic (exact) mass is 544 g/mol. The van der Waals surface area contributed by atoms with E-state index in [0.717, 1.165) is 81.0 Å². The summed E-state index contributed by atoms with van der Waals surface area (Å²) < 4.78 is 2.32. The van der Waals surface area contributed by atoms with Crippen LogP contribution in [0, 0.1) is 13.8 Å². The molecule has 6 heteroatoms. The molecule has 2 N–H and O–H groups in total. The predicted octanol–water partition coefficient (Wildman–Crippen LogP) is 7.90. The molecule has 0 bridgehead atoms. The number of aryl methyl sites for hydroxylation is 3. The zero-order valence-electron chi connectivity index (χ0n) is 24.1. The first-order valence-corrected chi connectivity index (χ1v) is 14.1. The van der Waals surface area contributed by atoms with Crippen molar-refractivity contribution in [1.82, 2.24) is 9.55 Å². The van der Waals surface area contributed by atoms with E-state index in [4.69, 9.17) is 4.98 Å². The smallest absolute Gasteiger partial charge is 0.336 e. The van der Waals surface area contributed by atoms with Gasteiger partial charge in [0.25, 0.3) is 0 Å². The third-order valence-electron chi connectivity index (χ3n) is 7.54. The maximum atomic E-state index is 11.7. The molecule has 0 atom stereocenters. The Labute approximate surface area is 241 Å². The molecule has 0 aliphatic rings. The minimum atomic E-state index is -0.923. The van der Waals surface area contributed by atoms with E-state index in [-0.39, 0.29) is 0 Å². The van der Waals surface area contributed by atoms with Gasteiger partial charge >= 0.3 is 5.97 Å². The van der Waals surface area contributed by atoms with Crippen LogP contribution < -0.4 is 5.32 Å². The molecule has 208 valence electrons. The topological polar surface area (TPSA) is 79.5 Å². The second-order valence-electron chi connectivity index (χ2n) is 10.4. The number of aromatic nitrogens is 2. The van der Waals surface area contributed by atoms with Crippen molar-refractivity contribution >= 4 is 28.5 Å². The molecule has 6 nitrogen and oxygen atoms in total. The van der Waals surface area contributed by atoms with Gasteiger partial charge in [0.15, 0.2) is 0 Å². The lowest BCUT2D eigenvalue weighted by atomic mass is 9.98. The number of aromatic carboxylic acids is 1. The number of nitrogens with zero attached hydrogens (tertiary/aromatic N) is 3. The molecule has 0 fully saturated rings. The van der Waals surface area contributed by atoms with Gasteiger partial charge in [-0.1, -0.05) is 74.0 Å². The van der Waals surface area contributed by atoms with Gasteiger partial charge < -0.3 is 15.0 Å². The third-order valence-corrected chi connectivity index (χ3v) is 7.54. The second-order valence-corrected chi connectivity index (χ2v) is 10.4. The Bertz CT molecular complexity index is 1730. The summed E-state index contributed by atoms with van der Waals surface area (Å²) >= 11 is 0. The highest BCUT2D eigenvalue weighted by Gasteiger charge is 2.17. The van der Waals surface area contributed by atoms with Gasteiger partial charge in [0.1, 0.15) is 11.7 Å². The van der Waals surface area contributed by atoms with Crippen molar-refractivity contribution in [3.63, 3.8) is 0 Å². The Hall–Kier alpha value is -4.71. The molecule has 0 saturated heterocycles. The molecule has 4 aromatic carbocycles. The summed E-state index contributed by atoms with van der Waals surface area (Å²) in [7, 11) is 1.81. The number of rotatable bonds is 9. The summed E-state index contributed by atoms with van der Waals surface area (Å²) in [6.07, 6.45) is 3.06. The fourth-order valence-electron chi connectivity index (χ4n) is 5.27. The molecule has 0 unspecified atom stereocenters. The Balaban J connectivity index is 1.53. The lowest BCUT2D eigenvalue weighted by Crippen LogP contribution is -2.15. The molecule has 5 rings (SSSR count). The molecule has 0 amide bonds. The minimum Gasteiger partial charge on any atom is -0.478 e. The fraction of sp³-hybridized carbons (Fsp3) is 0.229.